The first kappa shape index (κ1) is 32.8. The summed E-state index contributed by atoms with van der Waals surface area (Å²) in [6.45, 7) is 23.0. The quantitative estimate of drug-likeness (QED) is 0.126. The molecule has 0 aliphatic carbocycles. The number of esters is 1. The second kappa shape index (κ2) is 16.4. The van der Waals surface area contributed by atoms with Gasteiger partial charge in [-0.3, -0.25) is 19.3 Å². The molecule has 0 aromatic carbocycles. The molecule has 3 amide bonds. The predicted molar refractivity (Wildman–Crippen MR) is 137 cm³/mol. The lowest BCUT2D eigenvalue weighted by Crippen LogP contribution is -2.59. The lowest BCUT2D eigenvalue weighted by molar-refractivity contribution is -0.309. The maximum atomic E-state index is 13.0. The Morgan fingerprint density at radius 3 is 1.69 bits per heavy atom. The van der Waals surface area contributed by atoms with Gasteiger partial charge in [-0.25, -0.2) is 4.79 Å². The summed E-state index contributed by atoms with van der Waals surface area (Å²) in [6, 6.07) is 0. The summed E-state index contributed by atoms with van der Waals surface area (Å²) in [6.07, 6.45) is 0.814. The number of hydrogen-bond donors (Lipinski definition) is 2. The topological polar surface area (TPSA) is 123 Å². The fraction of sp³-hybridized carbons (Fsp3) is 0.538. The van der Waals surface area contributed by atoms with Gasteiger partial charge in [-0.1, -0.05) is 26.3 Å². The van der Waals surface area contributed by atoms with Crippen molar-refractivity contribution < 1.29 is 33.4 Å². The summed E-state index contributed by atoms with van der Waals surface area (Å²) in [7, 11) is 0. The zero-order chi connectivity index (χ0) is 27.9. The number of hydrogen-bond acceptors (Lipinski definition) is 7. The molecule has 0 saturated heterocycles. The molecule has 0 aliphatic heterocycles. The Morgan fingerprint density at radius 2 is 1.28 bits per heavy atom. The highest BCUT2D eigenvalue weighted by molar-refractivity contribution is 5.93. The predicted octanol–water partition coefficient (Wildman–Crippen LogP) is 2.38. The molecule has 2 N–H and O–H groups in total. The zero-order valence-electron chi connectivity index (χ0n) is 22.3. The van der Waals surface area contributed by atoms with Crippen LogP contribution in [0.3, 0.4) is 0 Å². The Kier molecular flexibility index (Phi) is 15.0. The summed E-state index contributed by atoms with van der Waals surface area (Å²) >= 11 is 0. The fourth-order valence-corrected chi connectivity index (χ4v) is 2.70. The number of carbonyl (C=O) groups excluding carboxylic acids is 4. The van der Waals surface area contributed by atoms with Gasteiger partial charge in [0, 0.05) is 48.5 Å². The Labute approximate surface area is 214 Å². The Balaban J connectivity index is 5.62. The minimum absolute atomic E-state index is 0.0257. The van der Waals surface area contributed by atoms with Crippen LogP contribution in [0.15, 0.2) is 48.6 Å². The van der Waals surface area contributed by atoms with E-state index in [-0.39, 0.29) is 55.9 Å². The molecule has 1 unspecified atom stereocenters. The lowest BCUT2D eigenvalue weighted by Gasteiger charge is -2.41. The Bertz CT molecular complexity index is 866. The van der Waals surface area contributed by atoms with Gasteiger partial charge in [-0.15, -0.1) is 0 Å². The standard InChI is InChI=1S/C26H41N3O7/c1-10-29(24(32)20(6)7)26(36-25(33)21(8)9,35-16-12-14-28-23(31)19(4)5)17-34-15-11-13-27-22(30)18(2)3/h2,4,6,8,10-17H2,1,3,5,7,9H3,(H,27,30)(H,28,31). The van der Waals surface area contributed by atoms with E-state index in [1.165, 1.54) is 18.7 Å². The molecule has 0 radical (unpaired) electrons. The van der Waals surface area contributed by atoms with Crippen LogP contribution in [0.2, 0.25) is 0 Å². The van der Waals surface area contributed by atoms with Crippen molar-refractivity contribution in [1.29, 1.82) is 0 Å². The number of carbonyl (C=O) groups is 4. The molecular weight excluding hydrogens is 466 g/mol. The van der Waals surface area contributed by atoms with Crippen LogP contribution in [0.5, 0.6) is 0 Å². The first-order valence-electron chi connectivity index (χ1n) is 11.7. The fourth-order valence-electron chi connectivity index (χ4n) is 2.70. The molecule has 0 rings (SSSR count). The van der Waals surface area contributed by atoms with Gasteiger partial charge in [0.15, 0.2) is 0 Å². The molecule has 0 spiro atoms. The Morgan fingerprint density at radius 1 is 0.778 bits per heavy atom. The van der Waals surface area contributed by atoms with Gasteiger partial charge in [-0.05, 0) is 47.5 Å². The average Bonchev–Trinajstić information content (AvgIpc) is 2.80. The third-order valence-corrected chi connectivity index (χ3v) is 4.68. The van der Waals surface area contributed by atoms with Crippen molar-refractivity contribution in [2.75, 3.05) is 39.5 Å². The van der Waals surface area contributed by atoms with Crippen molar-refractivity contribution in [1.82, 2.24) is 15.5 Å². The SMILES string of the molecule is C=C(C)C(=O)NCCCOCC(OCCCNC(=O)C(=C)C)(OC(=O)C(=C)C)N(CC)C(=O)C(=C)C. The normalized spacial score (nSPS) is 12.0. The van der Waals surface area contributed by atoms with E-state index in [0.717, 1.165) is 0 Å². The highest BCUT2D eigenvalue weighted by Gasteiger charge is 2.45. The van der Waals surface area contributed by atoms with Crippen LogP contribution in [0, 0.1) is 0 Å². The van der Waals surface area contributed by atoms with Gasteiger partial charge < -0.3 is 24.8 Å². The molecule has 202 valence electrons. The minimum Gasteiger partial charge on any atom is -0.408 e. The smallest absolute Gasteiger partial charge is 0.337 e. The molecule has 36 heavy (non-hydrogen) atoms. The first-order valence-corrected chi connectivity index (χ1v) is 11.7. The second-order valence-electron chi connectivity index (χ2n) is 8.39. The molecule has 0 aromatic rings. The van der Waals surface area contributed by atoms with Crippen molar-refractivity contribution in [2.45, 2.75) is 53.4 Å². The molecule has 10 heteroatoms. The van der Waals surface area contributed by atoms with Gasteiger partial charge >= 0.3 is 11.9 Å². The van der Waals surface area contributed by atoms with E-state index in [1.807, 2.05) is 0 Å². The van der Waals surface area contributed by atoms with Gasteiger partial charge in [0.05, 0.1) is 6.61 Å². The van der Waals surface area contributed by atoms with E-state index in [1.54, 1.807) is 20.8 Å². The van der Waals surface area contributed by atoms with Crippen molar-refractivity contribution >= 4 is 23.7 Å². The molecular formula is C26H41N3O7. The van der Waals surface area contributed by atoms with Crippen molar-refractivity contribution in [3.8, 4) is 0 Å². The molecule has 10 nitrogen and oxygen atoms in total. The van der Waals surface area contributed by atoms with E-state index in [0.29, 0.717) is 30.5 Å². The summed E-state index contributed by atoms with van der Waals surface area (Å²) < 4.78 is 17.4. The monoisotopic (exact) mass is 507 g/mol. The number of nitrogens with zero attached hydrogens (tertiary/aromatic N) is 1. The number of likely N-dealkylation sites (N-methyl/N-ethyl adjacent to an activating group) is 1. The maximum absolute atomic E-state index is 13.0. The van der Waals surface area contributed by atoms with E-state index in [9.17, 15) is 19.2 Å². The second-order valence-corrected chi connectivity index (χ2v) is 8.39. The maximum Gasteiger partial charge on any atom is 0.337 e. The molecule has 1 atom stereocenters. The number of nitrogens with one attached hydrogen (secondary N) is 2. The van der Waals surface area contributed by atoms with Crippen LogP contribution in [0.1, 0.15) is 47.5 Å². The van der Waals surface area contributed by atoms with E-state index >= 15 is 0 Å². The van der Waals surface area contributed by atoms with Crippen LogP contribution >= 0.6 is 0 Å². The molecule has 0 aromatic heterocycles. The number of rotatable bonds is 18. The van der Waals surface area contributed by atoms with Gasteiger partial charge in [0.1, 0.15) is 6.61 Å². The summed E-state index contributed by atoms with van der Waals surface area (Å²) in [4.78, 5) is 50.1. The molecule has 0 saturated carbocycles. The van der Waals surface area contributed by atoms with Gasteiger partial charge in [0.25, 0.3) is 5.91 Å². The summed E-state index contributed by atoms with van der Waals surface area (Å²) in [5.74, 6) is -3.70. The highest BCUT2D eigenvalue weighted by atomic mass is 16.8. The van der Waals surface area contributed by atoms with E-state index < -0.39 is 17.8 Å². The first-order chi connectivity index (χ1) is 16.8. The van der Waals surface area contributed by atoms with Crippen LogP contribution in [0.4, 0.5) is 0 Å². The molecule has 0 aliphatic rings. The van der Waals surface area contributed by atoms with E-state index in [2.05, 4.69) is 36.9 Å². The number of amides is 3. The van der Waals surface area contributed by atoms with Gasteiger partial charge in [-0.2, -0.15) is 0 Å². The molecule has 0 fully saturated rings. The van der Waals surface area contributed by atoms with Crippen molar-refractivity contribution in [2.24, 2.45) is 0 Å². The van der Waals surface area contributed by atoms with Crippen LogP contribution in [0.25, 0.3) is 0 Å². The lowest BCUT2D eigenvalue weighted by atomic mass is 10.2. The van der Waals surface area contributed by atoms with Crippen molar-refractivity contribution in [3.05, 3.63) is 48.6 Å². The van der Waals surface area contributed by atoms with Crippen molar-refractivity contribution in [3.63, 3.8) is 0 Å². The average molecular weight is 508 g/mol. The zero-order valence-corrected chi connectivity index (χ0v) is 22.3. The molecule has 0 heterocycles. The number of ether oxygens (including phenoxy) is 3. The third-order valence-electron chi connectivity index (χ3n) is 4.68. The minimum atomic E-state index is -1.90. The van der Waals surface area contributed by atoms with Crippen LogP contribution < -0.4 is 10.6 Å². The summed E-state index contributed by atoms with van der Waals surface area (Å²) in [5, 5.41) is 5.38. The van der Waals surface area contributed by atoms with Crippen LogP contribution in [-0.4, -0.2) is 74.0 Å². The third kappa shape index (κ3) is 11.5. The van der Waals surface area contributed by atoms with Gasteiger partial charge in [0.2, 0.25) is 11.8 Å². The largest absolute Gasteiger partial charge is 0.408 e. The summed E-state index contributed by atoms with van der Waals surface area (Å²) in [5.41, 5.74) is 1.09. The molecule has 0 bridgehead atoms. The highest BCUT2D eigenvalue weighted by Crippen LogP contribution is 2.24. The Hall–Kier alpha value is -3.24. The van der Waals surface area contributed by atoms with Crippen LogP contribution in [-0.2, 0) is 33.4 Å². The van der Waals surface area contributed by atoms with E-state index in [4.69, 9.17) is 14.2 Å².